The van der Waals surface area contributed by atoms with Gasteiger partial charge in [-0.3, -0.25) is 4.79 Å². The second-order valence-corrected chi connectivity index (χ2v) is 3.05. The number of aliphatic hydroxyl groups excluding tert-OH is 1. The Morgan fingerprint density at radius 1 is 1.47 bits per heavy atom. The third kappa shape index (κ3) is 2.45. The number of benzene rings is 1. The third-order valence-corrected chi connectivity index (χ3v) is 2.08. The zero-order valence-corrected chi connectivity index (χ0v) is 8.25. The summed E-state index contributed by atoms with van der Waals surface area (Å²) in [7, 11) is 1.44. The molecule has 1 rings (SSSR count). The largest absolute Gasteiger partial charge is 0.496 e. The molecule has 2 atom stereocenters. The number of carboxylic acid groups (broad SMARTS) is 1. The summed E-state index contributed by atoms with van der Waals surface area (Å²) in [5.74, 6) is -0.838. The molecule has 5 heteroatoms. The molecule has 0 saturated carbocycles. The highest BCUT2D eigenvalue weighted by atomic mass is 16.5. The second-order valence-electron chi connectivity index (χ2n) is 3.05. The standard InChI is InChI=1S/C10H13NO4/c1-15-7-5-3-2-4-6(7)9(12)8(11)10(13)14/h2-5,8-9,12H,11H2,1H3,(H,13,14). The van der Waals surface area contributed by atoms with E-state index in [1.807, 2.05) is 0 Å². The first-order valence-electron chi connectivity index (χ1n) is 4.37. The Kier molecular flexibility index (Phi) is 3.65. The van der Waals surface area contributed by atoms with Gasteiger partial charge in [0.1, 0.15) is 17.9 Å². The topological polar surface area (TPSA) is 92.8 Å². The van der Waals surface area contributed by atoms with Crippen molar-refractivity contribution in [2.24, 2.45) is 5.73 Å². The molecule has 0 aromatic heterocycles. The molecule has 5 nitrogen and oxygen atoms in total. The van der Waals surface area contributed by atoms with E-state index < -0.39 is 18.1 Å². The van der Waals surface area contributed by atoms with Crippen molar-refractivity contribution in [3.8, 4) is 5.75 Å². The van der Waals surface area contributed by atoms with Gasteiger partial charge in [0.25, 0.3) is 0 Å². The number of carbonyl (C=O) groups is 1. The van der Waals surface area contributed by atoms with Crippen LogP contribution in [-0.2, 0) is 4.79 Å². The Bertz CT molecular complexity index is 353. The van der Waals surface area contributed by atoms with Crippen molar-refractivity contribution in [1.82, 2.24) is 0 Å². The fraction of sp³-hybridized carbons (Fsp3) is 0.300. The van der Waals surface area contributed by atoms with Crippen molar-refractivity contribution in [3.63, 3.8) is 0 Å². The number of hydrogen-bond donors (Lipinski definition) is 3. The average Bonchev–Trinajstić information content (AvgIpc) is 2.26. The number of ether oxygens (including phenoxy) is 1. The van der Waals surface area contributed by atoms with Crippen LogP contribution >= 0.6 is 0 Å². The van der Waals surface area contributed by atoms with Crippen molar-refractivity contribution >= 4 is 5.97 Å². The highest BCUT2D eigenvalue weighted by molar-refractivity contribution is 5.74. The lowest BCUT2D eigenvalue weighted by atomic mass is 10.0. The molecule has 0 aliphatic heterocycles. The number of nitrogens with two attached hydrogens (primary N) is 1. The summed E-state index contributed by atoms with van der Waals surface area (Å²) >= 11 is 0. The highest BCUT2D eigenvalue weighted by Crippen LogP contribution is 2.26. The van der Waals surface area contributed by atoms with Gasteiger partial charge in [-0.1, -0.05) is 18.2 Å². The third-order valence-electron chi connectivity index (χ3n) is 2.08. The molecular weight excluding hydrogens is 198 g/mol. The molecule has 0 heterocycles. The molecule has 0 bridgehead atoms. The molecule has 0 radical (unpaired) electrons. The average molecular weight is 211 g/mol. The zero-order chi connectivity index (χ0) is 11.4. The lowest BCUT2D eigenvalue weighted by molar-refractivity contribution is -0.141. The second kappa shape index (κ2) is 4.77. The number of methoxy groups -OCH3 is 1. The number of carboxylic acids is 1. The van der Waals surface area contributed by atoms with Gasteiger partial charge >= 0.3 is 5.97 Å². The summed E-state index contributed by atoms with van der Waals surface area (Å²) in [4.78, 5) is 10.6. The van der Waals surface area contributed by atoms with Crippen LogP contribution in [0, 0.1) is 0 Å². The van der Waals surface area contributed by atoms with E-state index in [4.69, 9.17) is 15.6 Å². The molecule has 2 unspecified atom stereocenters. The number of para-hydroxylation sites is 1. The van der Waals surface area contributed by atoms with E-state index in [9.17, 15) is 9.90 Å². The van der Waals surface area contributed by atoms with Gasteiger partial charge in [0.15, 0.2) is 0 Å². The van der Waals surface area contributed by atoms with Crippen LogP contribution in [0.5, 0.6) is 5.75 Å². The predicted octanol–water partition coefficient (Wildman–Crippen LogP) is 0.140. The number of rotatable bonds is 4. The lowest BCUT2D eigenvalue weighted by Gasteiger charge is -2.17. The van der Waals surface area contributed by atoms with Crippen molar-refractivity contribution in [3.05, 3.63) is 29.8 Å². The van der Waals surface area contributed by atoms with E-state index in [1.165, 1.54) is 7.11 Å². The van der Waals surface area contributed by atoms with Crippen LogP contribution in [0.3, 0.4) is 0 Å². The number of aliphatic carboxylic acids is 1. The van der Waals surface area contributed by atoms with E-state index in [-0.39, 0.29) is 0 Å². The normalized spacial score (nSPS) is 14.3. The summed E-state index contributed by atoms with van der Waals surface area (Å²) < 4.78 is 4.99. The molecule has 1 aromatic carbocycles. The van der Waals surface area contributed by atoms with Gasteiger partial charge in [-0.15, -0.1) is 0 Å². The van der Waals surface area contributed by atoms with Crippen LogP contribution in [0.4, 0.5) is 0 Å². The Balaban J connectivity index is 2.99. The van der Waals surface area contributed by atoms with Crippen LogP contribution in [0.1, 0.15) is 11.7 Å². The summed E-state index contributed by atoms with van der Waals surface area (Å²) in [5, 5.41) is 18.3. The minimum Gasteiger partial charge on any atom is -0.496 e. The van der Waals surface area contributed by atoms with Crippen LogP contribution in [0.2, 0.25) is 0 Å². The summed E-state index contributed by atoms with van der Waals surface area (Å²) in [5.41, 5.74) is 5.68. The molecule has 0 aliphatic rings. The van der Waals surface area contributed by atoms with Crippen molar-refractivity contribution in [2.45, 2.75) is 12.1 Å². The lowest BCUT2D eigenvalue weighted by Crippen LogP contribution is -2.36. The van der Waals surface area contributed by atoms with E-state index in [2.05, 4.69) is 0 Å². The smallest absolute Gasteiger partial charge is 0.323 e. The van der Waals surface area contributed by atoms with E-state index in [0.717, 1.165) is 0 Å². The molecule has 0 aliphatic carbocycles. The van der Waals surface area contributed by atoms with Gasteiger partial charge in [-0.25, -0.2) is 0 Å². The van der Waals surface area contributed by atoms with E-state index >= 15 is 0 Å². The fourth-order valence-corrected chi connectivity index (χ4v) is 1.24. The molecular formula is C10H13NO4. The summed E-state index contributed by atoms with van der Waals surface area (Å²) in [6.45, 7) is 0. The Morgan fingerprint density at radius 2 is 2.07 bits per heavy atom. The SMILES string of the molecule is COc1ccccc1C(O)C(N)C(=O)O. The Hall–Kier alpha value is -1.59. The van der Waals surface area contributed by atoms with E-state index in [0.29, 0.717) is 11.3 Å². The number of aliphatic hydroxyl groups is 1. The van der Waals surface area contributed by atoms with Gasteiger partial charge in [0.2, 0.25) is 0 Å². The summed E-state index contributed by atoms with van der Waals surface area (Å²) in [6, 6.07) is 5.25. The molecule has 82 valence electrons. The Morgan fingerprint density at radius 3 is 2.60 bits per heavy atom. The van der Waals surface area contributed by atoms with Gasteiger partial charge in [0, 0.05) is 5.56 Å². The molecule has 4 N–H and O–H groups in total. The van der Waals surface area contributed by atoms with Gasteiger partial charge in [-0.2, -0.15) is 0 Å². The van der Waals surface area contributed by atoms with Crippen LogP contribution in [-0.4, -0.2) is 29.3 Å². The molecule has 0 fully saturated rings. The van der Waals surface area contributed by atoms with Crippen LogP contribution < -0.4 is 10.5 Å². The maximum absolute atomic E-state index is 10.6. The first-order chi connectivity index (χ1) is 7.07. The molecule has 0 amide bonds. The zero-order valence-electron chi connectivity index (χ0n) is 8.25. The van der Waals surface area contributed by atoms with Gasteiger partial charge in [-0.05, 0) is 6.07 Å². The van der Waals surface area contributed by atoms with Crippen LogP contribution in [0.25, 0.3) is 0 Å². The first-order valence-corrected chi connectivity index (χ1v) is 4.37. The molecule has 0 saturated heterocycles. The molecule has 0 spiro atoms. The fourth-order valence-electron chi connectivity index (χ4n) is 1.24. The van der Waals surface area contributed by atoms with Crippen molar-refractivity contribution < 1.29 is 19.7 Å². The maximum atomic E-state index is 10.6. The summed E-state index contributed by atoms with van der Waals surface area (Å²) in [6.07, 6.45) is -1.28. The first kappa shape index (κ1) is 11.5. The van der Waals surface area contributed by atoms with E-state index in [1.54, 1.807) is 24.3 Å². The van der Waals surface area contributed by atoms with Crippen molar-refractivity contribution in [2.75, 3.05) is 7.11 Å². The van der Waals surface area contributed by atoms with Crippen molar-refractivity contribution in [1.29, 1.82) is 0 Å². The minimum absolute atomic E-state index is 0.370. The van der Waals surface area contributed by atoms with Gasteiger partial charge in [0.05, 0.1) is 7.11 Å². The monoisotopic (exact) mass is 211 g/mol. The Labute approximate surface area is 87.1 Å². The predicted molar refractivity (Wildman–Crippen MR) is 53.6 cm³/mol. The molecule has 15 heavy (non-hydrogen) atoms. The quantitative estimate of drug-likeness (QED) is 0.658. The highest BCUT2D eigenvalue weighted by Gasteiger charge is 2.25. The van der Waals surface area contributed by atoms with Crippen LogP contribution in [0.15, 0.2) is 24.3 Å². The molecule has 1 aromatic rings. The minimum atomic E-state index is -1.36. The maximum Gasteiger partial charge on any atom is 0.323 e. The van der Waals surface area contributed by atoms with Gasteiger partial charge < -0.3 is 20.7 Å². The number of hydrogen-bond acceptors (Lipinski definition) is 4.